The van der Waals surface area contributed by atoms with Crippen molar-refractivity contribution in [1.29, 1.82) is 0 Å². The van der Waals surface area contributed by atoms with E-state index in [0.717, 1.165) is 25.9 Å². The molecule has 2 rings (SSSR count). The summed E-state index contributed by atoms with van der Waals surface area (Å²) in [4.78, 5) is 25.1. The van der Waals surface area contributed by atoms with Gasteiger partial charge in [-0.15, -0.1) is 0 Å². The summed E-state index contributed by atoms with van der Waals surface area (Å²) in [6.45, 7) is 2.47. The number of nitrogens with one attached hydrogen (secondary N) is 2. The van der Waals surface area contributed by atoms with E-state index in [4.69, 9.17) is 5.73 Å². The zero-order valence-electron chi connectivity index (χ0n) is 12.8. The van der Waals surface area contributed by atoms with Gasteiger partial charge in [-0.25, -0.2) is 0 Å². The Bertz CT molecular complexity index is 492. The summed E-state index contributed by atoms with van der Waals surface area (Å²) in [5, 5.41) is 5.35. The van der Waals surface area contributed by atoms with Gasteiger partial charge in [0.05, 0.1) is 13.1 Å². The summed E-state index contributed by atoms with van der Waals surface area (Å²) < 4.78 is 0. The molecule has 1 unspecified atom stereocenters. The molecule has 6 heteroatoms. The molecule has 0 bridgehead atoms. The molecule has 1 atom stereocenters. The summed E-state index contributed by atoms with van der Waals surface area (Å²) >= 11 is 0. The number of nitrogens with zero attached hydrogens (tertiary/aromatic N) is 1. The second-order valence-corrected chi connectivity index (χ2v) is 5.54. The van der Waals surface area contributed by atoms with E-state index < -0.39 is 0 Å². The third kappa shape index (κ3) is 5.13. The smallest absolute Gasteiger partial charge is 0.239 e. The first-order valence-electron chi connectivity index (χ1n) is 7.70. The van der Waals surface area contributed by atoms with Crippen molar-refractivity contribution in [1.82, 2.24) is 15.5 Å². The van der Waals surface area contributed by atoms with Gasteiger partial charge in [0.25, 0.3) is 0 Å². The van der Waals surface area contributed by atoms with Crippen molar-refractivity contribution in [2.75, 3.05) is 26.2 Å². The van der Waals surface area contributed by atoms with Crippen LogP contribution in [0.1, 0.15) is 18.4 Å². The SMILES string of the molecule is NCC(=O)NCC(=O)NCC1CCCN1Cc1ccccc1. The van der Waals surface area contributed by atoms with Gasteiger partial charge in [-0.05, 0) is 24.9 Å². The predicted octanol–water partition coefficient (Wildman–Crippen LogP) is -0.158. The van der Waals surface area contributed by atoms with Gasteiger partial charge in [-0.2, -0.15) is 0 Å². The molecule has 1 saturated heterocycles. The van der Waals surface area contributed by atoms with Crippen LogP contribution < -0.4 is 16.4 Å². The van der Waals surface area contributed by atoms with E-state index in [0.29, 0.717) is 12.6 Å². The van der Waals surface area contributed by atoms with Gasteiger partial charge < -0.3 is 16.4 Å². The summed E-state index contributed by atoms with van der Waals surface area (Å²) in [6.07, 6.45) is 2.24. The topological polar surface area (TPSA) is 87.5 Å². The highest BCUT2D eigenvalue weighted by atomic mass is 16.2. The molecule has 0 radical (unpaired) electrons. The first kappa shape index (κ1) is 16.5. The number of likely N-dealkylation sites (tertiary alicyclic amines) is 1. The first-order chi connectivity index (χ1) is 10.7. The molecule has 0 spiro atoms. The molecule has 2 amide bonds. The van der Waals surface area contributed by atoms with Crippen molar-refractivity contribution < 1.29 is 9.59 Å². The third-order valence-electron chi connectivity index (χ3n) is 3.89. The summed E-state index contributed by atoms with van der Waals surface area (Å²) in [5.41, 5.74) is 6.46. The molecule has 4 N–H and O–H groups in total. The monoisotopic (exact) mass is 304 g/mol. The van der Waals surface area contributed by atoms with Crippen LogP contribution in [-0.4, -0.2) is 48.9 Å². The summed E-state index contributed by atoms with van der Waals surface area (Å²) in [6, 6.07) is 10.7. The fourth-order valence-electron chi connectivity index (χ4n) is 2.70. The van der Waals surface area contributed by atoms with Gasteiger partial charge in [-0.1, -0.05) is 30.3 Å². The molecular weight excluding hydrogens is 280 g/mol. The largest absolute Gasteiger partial charge is 0.353 e. The van der Waals surface area contributed by atoms with Crippen LogP contribution in [-0.2, 0) is 16.1 Å². The number of hydrogen-bond donors (Lipinski definition) is 3. The number of benzene rings is 1. The van der Waals surface area contributed by atoms with Gasteiger partial charge >= 0.3 is 0 Å². The minimum Gasteiger partial charge on any atom is -0.353 e. The van der Waals surface area contributed by atoms with Gasteiger partial charge in [0, 0.05) is 19.1 Å². The molecule has 1 aliphatic rings. The minimum atomic E-state index is -0.318. The average Bonchev–Trinajstić information content (AvgIpc) is 2.98. The molecule has 6 nitrogen and oxygen atoms in total. The lowest BCUT2D eigenvalue weighted by molar-refractivity contribution is -0.125. The Balaban J connectivity index is 1.74. The Morgan fingerprint density at radius 2 is 1.95 bits per heavy atom. The van der Waals surface area contributed by atoms with Crippen LogP contribution in [0.25, 0.3) is 0 Å². The van der Waals surface area contributed by atoms with Crippen molar-refractivity contribution >= 4 is 11.8 Å². The van der Waals surface area contributed by atoms with E-state index in [1.165, 1.54) is 5.56 Å². The fraction of sp³-hybridized carbons (Fsp3) is 0.500. The highest BCUT2D eigenvalue weighted by molar-refractivity contribution is 5.85. The number of carbonyl (C=O) groups is 2. The highest BCUT2D eigenvalue weighted by Gasteiger charge is 2.24. The summed E-state index contributed by atoms with van der Waals surface area (Å²) in [7, 11) is 0. The molecule has 0 aliphatic carbocycles. The normalized spacial score (nSPS) is 18.1. The van der Waals surface area contributed by atoms with Crippen LogP contribution in [0.4, 0.5) is 0 Å². The van der Waals surface area contributed by atoms with E-state index in [2.05, 4.69) is 27.7 Å². The van der Waals surface area contributed by atoms with E-state index in [1.807, 2.05) is 18.2 Å². The second kappa shape index (κ2) is 8.51. The van der Waals surface area contributed by atoms with E-state index in [-0.39, 0.29) is 24.9 Å². The van der Waals surface area contributed by atoms with Gasteiger partial charge in [-0.3, -0.25) is 14.5 Å². The quantitative estimate of drug-likeness (QED) is 0.653. The molecule has 22 heavy (non-hydrogen) atoms. The molecule has 1 fully saturated rings. The zero-order valence-corrected chi connectivity index (χ0v) is 12.8. The average molecular weight is 304 g/mol. The molecule has 0 aromatic heterocycles. The Kier molecular flexibility index (Phi) is 6.36. The fourth-order valence-corrected chi connectivity index (χ4v) is 2.70. The maximum absolute atomic E-state index is 11.7. The van der Waals surface area contributed by atoms with Crippen LogP contribution in [0.15, 0.2) is 30.3 Å². The lowest BCUT2D eigenvalue weighted by atomic mass is 10.2. The van der Waals surface area contributed by atoms with Crippen LogP contribution in [0.2, 0.25) is 0 Å². The van der Waals surface area contributed by atoms with E-state index in [1.54, 1.807) is 0 Å². The van der Waals surface area contributed by atoms with Crippen LogP contribution >= 0.6 is 0 Å². The molecular formula is C16H24N4O2. The zero-order chi connectivity index (χ0) is 15.8. The second-order valence-electron chi connectivity index (χ2n) is 5.54. The third-order valence-corrected chi connectivity index (χ3v) is 3.89. The maximum atomic E-state index is 11.7. The lowest BCUT2D eigenvalue weighted by Gasteiger charge is -2.24. The van der Waals surface area contributed by atoms with E-state index >= 15 is 0 Å². The first-order valence-corrected chi connectivity index (χ1v) is 7.70. The molecule has 0 saturated carbocycles. The Morgan fingerprint density at radius 1 is 1.18 bits per heavy atom. The number of nitrogens with two attached hydrogens (primary N) is 1. The van der Waals surface area contributed by atoms with Crippen molar-refractivity contribution in [2.24, 2.45) is 5.73 Å². The lowest BCUT2D eigenvalue weighted by Crippen LogP contribution is -2.44. The van der Waals surface area contributed by atoms with Gasteiger partial charge in [0.2, 0.25) is 11.8 Å². The molecule has 1 heterocycles. The highest BCUT2D eigenvalue weighted by Crippen LogP contribution is 2.19. The number of hydrogen-bond acceptors (Lipinski definition) is 4. The van der Waals surface area contributed by atoms with Gasteiger partial charge in [0.15, 0.2) is 0 Å². The van der Waals surface area contributed by atoms with Crippen molar-refractivity contribution in [3.63, 3.8) is 0 Å². The van der Waals surface area contributed by atoms with Crippen molar-refractivity contribution in [3.8, 4) is 0 Å². The number of rotatable bonds is 7. The molecule has 1 aromatic carbocycles. The molecule has 1 aromatic rings. The summed E-state index contributed by atoms with van der Waals surface area (Å²) in [5.74, 6) is -0.491. The predicted molar refractivity (Wildman–Crippen MR) is 84.9 cm³/mol. The van der Waals surface area contributed by atoms with Crippen molar-refractivity contribution in [2.45, 2.75) is 25.4 Å². The Morgan fingerprint density at radius 3 is 2.68 bits per heavy atom. The Labute approximate surface area is 131 Å². The van der Waals surface area contributed by atoms with Gasteiger partial charge in [0.1, 0.15) is 0 Å². The Hall–Kier alpha value is -1.92. The molecule has 1 aliphatic heterocycles. The van der Waals surface area contributed by atoms with Crippen LogP contribution in [0, 0.1) is 0 Å². The van der Waals surface area contributed by atoms with Crippen molar-refractivity contribution in [3.05, 3.63) is 35.9 Å². The van der Waals surface area contributed by atoms with E-state index in [9.17, 15) is 9.59 Å². The molecule has 120 valence electrons. The van der Waals surface area contributed by atoms with Crippen LogP contribution in [0.3, 0.4) is 0 Å². The standard InChI is InChI=1S/C16H24N4O2/c17-9-15(21)19-11-16(22)18-10-14-7-4-8-20(14)12-13-5-2-1-3-6-13/h1-3,5-6,14H,4,7-12,17H2,(H,18,22)(H,19,21). The minimum absolute atomic E-state index is 0.0125. The maximum Gasteiger partial charge on any atom is 0.239 e. The number of carbonyl (C=O) groups excluding carboxylic acids is 2. The number of amides is 2. The van der Waals surface area contributed by atoms with Crippen LogP contribution in [0.5, 0.6) is 0 Å².